The maximum Gasteiger partial charge on any atom is 0.224 e. The molecule has 0 atom stereocenters. The Labute approximate surface area is 154 Å². The summed E-state index contributed by atoms with van der Waals surface area (Å²) in [7, 11) is 1.83. The summed E-state index contributed by atoms with van der Waals surface area (Å²) in [5.74, 6) is 0.958. The molecule has 0 saturated carbocycles. The van der Waals surface area contributed by atoms with Crippen molar-refractivity contribution in [2.45, 2.75) is 32.2 Å². The number of aryl methyl sites for hydroxylation is 1. The Hall–Kier alpha value is -2.82. The second-order valence-electron chi connectivity index (χ2n) is 6.55. The minimum atomic E-state index is 0.0595. The highest BCUT2D eigenvalue weighted by molar-refractivity contribution is 5.94. The number of carbonyl (C=O) groups excluding carboxylic acids is 2. The van der Waals surface area contributed by atoms with Crippen molar-refractivity contribution in [2.24, 2.45) is 0 Å². The lowest BCUT2D eigenvalue weighted by atomic mass is 10.0. The summed E-state index contributed by atoms with van der Waals surface area (Å²) in [5.41, 5.74) is 3.09. The lowest BCUT2D eigenvalue weighted by Crippen LogP contribution is -2.26. The fraction of sp³-hybridized carbons (Fsp3) is 0.333. The first-order valence-corrected chi connectivity index (χ1v) is 8.95. The Morgan fingerprint density at radius 3 is 2.77 bits per heavy atom. The Balaban J connectivity index is 1.41. The average Bonchev–Trinajstić information content (AvgIpc) is 2.65. The smallest absolute Gasteiger partial charge is 0.224 e. The molecule has 136 valence electrons. The first kappa shape index (κ1) is 18.0. The van der Waals surface area contributed by atoms with Gasteiger partial charge in [-0.15, -0.1) is 0 Å². The Morgan fingerprint density at radius 2 is 1.96 bits per heavy atom. The van der Waals surface area contributed by atoms with E-state index in [1.807, 2.05) is 55.6 Å². The zero-order chi connectivity index (χ0) is 18.4. The van der Waals surface area contributed by atoms with Gasteiger partial charge in [0.25, 0.3) is 0 Å². The van der Waals surface area contributed by atoms with Gasteiger partial charge in [0, 0.05) is 32.1 Å². The van der Waals surface area contributed by atoms with Crippen LogP contribution in [-0.4, -0.2) is 30.4 Å². The van der Waals surface area contributed by atoms with Gasteiger partial charge in [-0.2, -0.15) is 0 Å². The normalized spacial score (nSPS) is 12.9. The molecule has 0 aromatic heterocycles. The molecule has 0 aliphatic carbocycles. The van der Waals surface area contributed by atoms with Gasteiger partial charge >= 0.3 is 0 Å². The molecule has 1 heterocycles. The van der Waals surface area contributed by atoms with Crippen molar-refractivity contribution in [1.82, 2.24) is 4.90 Å². The summed E-state index contributed by atoms with van der Waals surface area (Å²) in [5, 5.41) is 2.86. The largest absolute Gasteiger partial charge is 0.494 e. The van der Waals surface area contributed by atoms with Gasteiger partial charge in [-0.25, -0.2) is 0 Å². The van der Waals surface area contributed by atoms with Gasteiger partial charge < -0.3 is 15.0 Å². The molecular weight excluding hydrogens is 328 g/mol. The Morgan fingerprint density at radius 1 is 1.15 bits per heavy atom. The number of anilines is 1. The molecule has 2 amide bonds. The van der Waals surface area contributed by atoms with Crippen LogP contribution in [0.3, 0.4) is 0 Å². The standard InChI is InChI=1S/C21H24N2O3/c1-23(15-16-6-3-2-4-7-16)21(25)8-5-13-26-18-10-11-19-17(14-18)9-12-20(24)22-19/h2-4,6-7,10-11,14H,5,8-9,12-13,15H2,1H3,(H,22,24). The van der Waals surface area contributed by atoms with Crippen LogP contribution in [0.5, 0.6) is 5.75 Å². The molecule has 0 spiro atoms. The van der Waals surface area contributed by atoms with E-state index in [0.29, 0.717) is 32.4 Å². The van der Waals surface area contributed by atoms with E-state index in [9.17, 15) is 9.59 Å². The predicted molar refractivity (Wildman–Crippen MR) is 101 cm³/mol. The van der Waals surface area contributed by atoms with E-state index in [1.165, 1.54) is 0 Å². The van der Waals surface area contributed by atoms with Crippen LogP contribution in [0.25, 0.3) is 0 Å². The monoisotopic (exact) mass is 352 g/mol. The SMILES string of the molecule is CN(Cc1ccccc1)C(=O)CCCOc1ccc2c(c1)CCC(=O)N2. The van der Waals surface area contributed by atoms with Crippen molar-refractivity contribution in [3.05, 3.63) is 59.7 Å². The third-order valence-electron chi connectivity index (χ3n) is 4.46. The number of fused-ring (bicyclic) bond motifs is 1. The van der Waals surface area contributed by atoms with Crippen LogP contribution in [0.4, 0.5) is 5.69 Å². The molecule has 1 aliphatic heterocycles. The summed E-state index contributed by atoms with van der Waals surface area (Å²) in [6.45, 7) is 1.12. The maximum absolute atomic E-state index is 12.2. The molecule has 5 heteroatoms. The topological polar surface area (TPSA) is 58.6 Å². The van der Waals surface area contributed by atoms with Crippen LogP contribution in [0.1, 0.15) is 30.4 Å². The van der Waals surface area contributed by atoms with Gasteiger partial charge in [0.05, 0.1) is 6.61 Å². The number of nitrogens with zero attached hydrogens (tertiary/aromatic N) is 1. The van der Waals surface area contributed by atoms with E-state index in [4.69, 9.17) is 4.74 Å². The maximum atomic E-state index is 12.2. The summed E-state index contributed by atoms with van der Waals surface area (Å²) < 4.78 is 5.76. The number of amides is 2. The van der Waals surface area contributed by atoms with Crippen LogP contribution < -0.4 is 10.1 Å². The lowest BCUT2D eigenvalue weighted by molar-refractivity contribution is -0.130. The van der Waals surface area contributed by atoms with Crippen LogP contribution in [-0.2, 0) is 22.6 Å². The number of benzene rings is 2. The Bertz CT molecular complexity index is 774. The molecule has 2 aromatic rings. The predicted octanol–water partition coefficient (Wildman–Crippen LogP) is 3.39. The zero-order valence-corrected chi connectivity index (χ0v) is 15.0. The van der Waals surface area contributed by atoms with E-state index in [0.717, 1.165) is 29.0 Å². The van der Waals surface area contributed by atoms with Gasteiger partial charge in [-0.05, 0) is 42.2 Å². The highest BCUT2D eigenvalue weighted by atomic mass is 16.5. The van der Waals surface area contributed by atoms with Gasteiger partial charge in [0.1, 0.15) is 5.75 Å². The van der Waals surface area contributed by atoms with E-state index < -0.39 is 0 Å². The molecule has 0 fully saturated rings. The number of hydrogen-bond acceptors (Lipinski definition) is 3. The van der Waals surface area contributed by atoms with Crippen molar-refractivity contribution in [2.75, 3.05) is 19.0 Å². The number of hydrogen-bond donors (Lipinski definition) is 1. The molecule has 0 radical (unpaired) electrons. The van der Waals surface area contributed by atoms with Crippen molar-refractivity contribution < 1.29 is 14.3 Å². The molecule has 1 N–H and O–H groups in total. The first-order valence-electron chi connectivity index (χ1n) is 8.95. The fourth-order valence-electron chi connectivity index (χ4n) is 3.00. The van der Waals surface area contributed by atoms with Gasteiger partial charge in [0.2, 0.25) is 11.8 Å². The molecule has 0 unspecified atom stereocenters. The molecule has 3 rings (SSSR count). The Kier molecular flexibility index (Phi) is 5.89. The van der Waals surface area contributed by atoms with Crippen LogP contribution in [0, 0.1) is 0 Å². The third kappa shape index (κ3) is 4.85. The van der Waals surface area contributed by atoms with E-state index >= 15 is 0 Å². The number of ether oxygens (including phenoxy) is 1. The number of nitrogens with one attached hydrogen (secondary N) is 1. The summed E-state index contributed by atoms with van der Waals surface area (Å²) in [4.78, 5) is 25.3. The molecule has 26 heavy (non-hydrogen) atoms. The van der Waals surface area contributed by atoms with Gasteiger partial charge in [0.15, 0.2) is 0 Å². The van der Waals surface area contributed by atoms with Crippen molar-refractivity contribution in [1.29, 1.82) is 0 Å². The van der Waals surface area contributed by atoms with Crippen molar-refractivity contribution in [3.8, 4) is 5.75 Å². The number of carbonyl (C=O) groups is 2. The lowest BCUT2D eigenvalue weighted by Gasteiger charge is -2.18. The van der Waals surface area contributed by atoms with Gasteiger partial charge in [-0.3, -0.25) is 9.59 Å². The highest BCUT2D eigenvalue weighted by Crippen LogP contribution is 2.26. The van der Waals surface area contributed by atoms with Crippen LogP contribution in [0.15, 0.2) is 48.5 Å². The minimum absolute atomic E-state index is 0.0595. The molecule has 1 aliphatic rings. The summed E-state index contributed by atoms with van der Waals surface area (Å²) >= 11 is 0. The van der Waals surface area contributed by atoms with E-state index in [2.05, 4.69) is 5.32 Å². The first-order chi connectivity index (χ1) is 12.6. The average molecular weight is 352 g/mol. The quantitative estimate of drug-likeness (QED) is 0.777. The van der Waals surface area contributed by atoms with Crippen molar-refractivity contribution >= 4 is 17.5 Å². The zero-order valence-electron chi connectivity index (χ0n) is 15.0. The van der Waals surface area contributed by atoms with Crippen LogP contribution >= 0.6 is 0 Å². The minimum Gasteiger partial charge on any atom is -0.494 e. The molecular formula is C21H24N2O3. The molecule has 0 bridgehead atoms. The third-order valence-corrected chi connectivity index (χ3v) is 4.46. The van der Waals surface area contributed by atoms with Gasteiger partial charge in [-0.1, -0.05) is 30.3 Å². The van der Waals surface area contributed by atoms with E-state index in [1.54, 1.807) is 4.90 Å². The van der Waals surface area contributed by atoms with Crippen molar-refractivity contribution in [3.63, 3.8) is 0 Å². The number of rotatable bonds is 7. The highest BCUT2D eigenvalue weighted by Gasteiger charge is 2.15. The summed E-state index contributed by atoms with van der Waals surface area (Å²) in [6, 6.07) is 15.7. The van der Waals surface area contributed by atoms with E-state index in [-0.39, 0.29) is 11.8 Å². The molecule has 0 saturated heterocycles. The second-order valence-corrected chi connectivity index (χ2v) is 6.55. The summed E-state index contributed by atoms with van der Waals surface area (Å²) in [6.07, 6.45) is 2.38. The molecule has 2 aromatic carbocycles. The fourth-order valence-corrected chi connectivity index (χ4v) is 3.00. The second kappa shape index (κ2) is 8.52. The molecule has 5 nitrogen and oxygen atoms in total. The van der Waals surface area contributed by atoms with Crippen LogP contribution in [0.2, 0.25) is 0 Å².